The van der Waals surface area contributed by atoms with Crippen molar-refractivity contribution in [3.05, 3.63) is 34.3 Å². The van der Waals surface area contributed by atoms with Crippen LogP contribution in [0.15, 0.2) is 28.7 Å². The van der Waals surface area contributed by atoms with Gasteiger partial charge in [-0.3, -0.25) is 14.5 Å². The first-order valence-electron chi connectivity index (χ1n) is 7.02. The summed E-state index contributed by atoms with van der Waals surface area (Å²) in [5.41, 5.74) is 1.14. The first-order chi connectivity index (χ1) is 9.79. The third kappa shape index (κ3) is 6.40. The normalized spacial score (nSPS) is 12.5. The molecule has 0 radical (unpaired) electrons. The summed E-state index contributed by atoms with van der Waals surface area (Å²) in [5, 5.41) is 2.80. The second-order valence-electron chi connectivity index (χ2n) is 5.70. The van der Waals surface area contributed by atoms with Crippen molar-refractivity contribution >= 4 is 27.6 Å². The van der Waals surface area contributed by atoms with Crippen molar-refractivity contribution in [2.75, 3.05) is 13.6 Å². The molecule has 1 unspecified atom stereocenters. The Labute approximate surface area is 135 Å². The summed E-state index contributed by atoms with van der Waals surface area (Å²) in [6.45, 7) is 6.33. The number of halogens is 1. The minimum Gasteiger partial charge on any atom is -0.345 e. The summed E-state index contributed by atoms with van der Waals surface area (Å²) in [6.07, 6.45) is 0. The van der Waals surface area contributed by atoms with Crippen molar-refractivity contribution in [3.8, 4) is 0 Å². The van der Waals surface area contributed by atoms with Gasteiger partial charge in [0.05, 0.1) is 12.6 Å². The molecule has 1 amide bonds. The van der Waals surface area contributed by atoms with Crippen molar-refractivity contribution in [3.63, 3.8) is 0 Å². The van der Waals surface area contributed by atoms with Gasteiger partial charge in [-0.05, 0) is 37.6 Å². The fourth-order valence-corrected chi connectivity index (χ4v) is 2.42. The fraction of sp³-hybridized carbons (Fsp3) is 0.500. The van der Waals surface area contributed by atoms with Crippen molar-refractivity contribution < 1.29 is 9.59 Å². The maximum absolute atomic E-state index is 12.0. The number of nitrogens with one attached hydrogen (secondary N) is 1. The van der Waals surface area contributed by atoms with E-state index in [-0.39, 0.29) is 24.2 Å². The highest BCUT2D eigenvalue weighted by Crippen LogP contribution is 2.11. The summed E-state index contributed by atoms with van der Waals surface area (Å²) in [6, 6.07) is 7.59. The fourth-order valence-electron chi connectivity index (χ4n) is 2.16. The molecule has 21 heavy (non-hydrogen) atoms. The van der Waals surface area contributed by atoms with Gasteiger partial charge in [-0.2, -0.15) is 0 Å². The zero-order valence-electron chi connectivity index (χ0n) is 13.0. The predicted octanol–water partition coefficient (Wildman–Crippen LogP) is 2.61. The Balaban J connectivity index is 2.50. The van der Waals surface area contributed by atoms with E-state index in [2.05, 4.69) is 21.2 Å². The average Bonchev–Trinajstić information content (AvgIpc) is 2.38. The minimum absolute atomic E-state index is 0.00564. The number of hydrogen-bond acceptors (Lipinski definition) is 3. The van der Waals surface area contributed by atoms with Crippen LogP contribution in [-0.2, 0) is 16.1 Å². The number of amides is 1. The number of ketones is 1. The molecule has 0 fully saturated rings. The molecular weight excluding hydrogens is 332 g/mol. The van der Waals surface area contributed by atoms with E-state index in [4.69, 9.17) is 0 Å². The molecule has 1 aromatic rings. The van der Waals surface area contributed by atoms with Crippen molar-refractivity contribution in [2.24, 2.45) is 5.92 Å². The van der Waals surface area contributed by atoms with Gasteiger partial charge in [-0.15, -0.1) is 0 Å². The minimum atomic E-state index is -0.404. The van der Waals surface area contributed by atoms with Crippen LogP contribution in [0.2, 0.25) is 0 Å². The smallest absolute Gasteiger partial charge is 0.234 e. The van der Waals surface area contributed by atoms with Crippen LogP contribution in [0.4, 0.5) is 0 Å². The van der Waals surface area contributed by atoms with Crippen molar-refractivity contribution in [1.82, 2.24) is 10.2 Å². The van der Waals surface area contributed by atoms with Gasteiger partial charge in [-0.25, -0.2) is 0 Å². The van der Waals surface area contributed by atoms with Crippen LogP contribution in [-0.4, -0.2) is 36.2 Å². The van der Waals surface area contributed by atoms with E-state index < -0.39 is 6.04 Å². The third-order valence-corrected chi connectivity index (χ3v) is 3.73. The van der Waals surface area contributed by atoms with Gasteiger partial charge < -0.3 is 5.32 Å². The molecule has 1 N–H and O–H groups in total. The van der Waals surface area contributed by atoms with Gasteiger partial charge in [0.15, 0.2) is 5.78 Å². The molecule has 4 nitrogen and oxygen atoms in total. The largest absolute Gasteiger partial charge is 0.345 e. The highest BCUT2D eigenvalue weighted by molar-refractivity contribution is 9.10. The number of Topliss-reactive ketones (excluding diaryl/α,β-unsaturated/α-hetero) is 1. The number of benzene rings is 1. The van der Waals surface area contributed by atoms with Crippen LogP contribution in [0.5, 0.6) is 0 Å². The number of nitrogens with zero attached hydrogens (tertiary/aromatic N) is 1. The van der Waals surface area contributed by atoms with Crippen LogP contribution in [0.3, 0.4) is 0 Å². The summed E-state index contributed by atoms with van der Waals surface area (Å²) in [4.78, 5) is 25.4. The maximum Gasteiger partial charge on any atom is 0.234 e. The summed E-state index contributed by atoms with van der Waals surface area (Å²) >= 11 is 3.40. The average molecular weight is 355 g/mol. The van der Waals surface area contributed by atoms with Gasteiger partial charge in [-0.1, -0.05) is 41.9 Å². The molecule has 1 aromatic carbocycles. The molecule has 0 saturated carbocycles. The van der Waals surface area contributed by atoms with E-state index in [1.807, 2.05) is 50.1 Å². The molecule has 0 aliphatic rings. The van der Waals surface area contributed by atoms with Crippen LogP contribution >= 0.6 is 15.9 Å². The van der Waals surface area contributed by atoms with Gasteiger partial charge in [0, 0.05) is 11.0 Å². The molecule has 1 rings (SSSR count). The lowest BCUT2D eigenvalue weighted by Crippen LogP contribution is -2.46. The lowest BCUT2D eigenvalue weighted by molar-refractivity contribution is -0.128. The molecule has 0 bridgehead atoms. The van der Waals surface area contributed by atoms with Crippen LogP contribution < -0.4 is 5.32 Å². The zero-order chi connectivity index (χ0) is 16.0. The Bertz CT molecular complexity index is 486. The van der Waals surface area contributed by atoms with Crippen LogP contribution in [0.1, 0.15) is 26.3 Å². The van der Waals surface area contributed by atoms with E-state index in [0.29, 0.717) is 6.54 Å². The maximum atomic E-state index is 12.0. The Hall–Kier alpha value is -1.20. The monoisotopic (exact) mass is 354 g/mol. The predicted molar refractivity (Wildman–Crippen MR) is 87.9 cm³/mol. The summed E-state index contributed by atoms with van der Waals surface area (Å²) in [7, 11) is 1.89. The molecule has 116 valence electrons. The molecular formula is C16H23BrN2O2. The Morgan fingerprint density at radius 2 is 1.81 bits per heavy atom. The van der Waals surface area contributed by atoms with E-state index in [1.165, 1.54) is 6.92 Å². The molecule has 5 heteroatoms. The van der Waals surface area contributed by atoms with E-state index in [1.54, 1.807) is 0 Å². The lowest BCUT2D eigenvalue weighted by atomic mass is 10.0. The highest BCUT2D eigenvalue weighted by Gasteiger charge is 2.20. The van der Waals surface area contributed by atoms with E-state index in [9.17, 15) is 9.59 Å². The SMILES string of the molecule is CC(=O)C(NC(=O)CN(C)Cc1ccc(Br)cc1)C(C)C. The second-order valence-corrected chi connectivity index (χ2v) is 6.61. The lowest BCUT2D eigenvalue weighted by Gasteiger charge is -2.22. The standard InChI is InChI=1S/C16H23BrN2O2/c1-11(2)16(12(3)20)18-15(21)10-19(4)9-13-5-7-14(17)8-6-13/h5-8,11,16H,9-10H2,1-4H3,(H,18,21). The first kappa shape index (κ1) is 17.9. The topological polar surface area (TPSA) is 49.4 Å². The van der Waals surface area contributed by atoms with E-state index in [0.717, 1.165) is 10.0 Å². The summed E-state index contributed by atoms with van der Waals surface area (Å²) in [5.74, 6) is -0.0272. The molecule has 0 aliphatic heterocycles. The molecule has 1 atom stereocenters. The van der Waals surface area contributed by atoms with Crippen LogP contribution in [0, 0.1) is 5.92 Å². The molecule has 0 aromatic heterocycles. The van der Waals surface area contributed by atoms with Gasteiger partial charge >= 0.3 is 0 Å². The quantitative estimate of drug-likeness (QED) is 0.818. The number of likely N-dealkylation sites (N-methyl/N-ethyl adjacent to an activating group) is 1. The molecule has 0 heterocycles. The summed E-state index contributed by atoms with van der Waals surface area (Å²) < 4.78 is 1.04. The molecule has 0 saturated heterocycles. The Morgan fingerprint density at radius 3 is 2.29 bits per heavy atom. The first-order valence-corrected chi connectivity index (χ1v) is 7.81. The number of hydrogen-bond donors (Lipinski definition) is 1. The van der Waals surface area contributed by atoms with Gasteiger partial charge in [0.1, 0.15) is 0 Å². The molecule has 0 aliphatic carbocycles. The molecule has 0 spiro atoms. The highest BCUT2D eigenvalue weighted by atomic mass is 79.9. The Morgan fingerprint density at radius 1 is 1.24 bits per heavy atom. The number of rotatable bonds is 7. The van der Waals surface area contributed by atoms with Gasteiger partial charge in [0.25, 0.3) is 0 Å². The third-order valence-electron chi connectivity index (χ3n) is 3.20. The zero-order valence-corrected chi connectivity index (χ0v) is 14.6. The van der Waals surface area contributed by atoms with Crippen molar-refractivity contribution in [2.45, 2.75) is 33.4 Å². The van der Waals surface area contributed by atoms with Crippen LogP contribution in [0.25, 0.3) is 0 Å². The number of carbonyl (C=O) groups excluding carboxylic acids is 2. The van der Waals surface area contributed by atoms with Crippen molar-refractivity contribution in [1.29, 1.82) is 0 Å². The second kappa shape index (κ2) is 8.29. The number of carbonyl (C=O) groups is 2. The Kier molecular flexibility index (Phi) is 7.05. The van der Waals surface area contributed by atoms with E-state index >= 15 is 0 Å². The van der Waals surface area contributed by atoms with Gasteiger partial charge in [0.2, 0.25) is 5.91 Å².